The van der Waals surface area contributed by atoms with Crippen LogP contribution in [-0.2, 0) is 14.8 Å². The molecule has 9 heteroatoms. The largest absolute Gasteiger partial charge is 0.352 e. The second-order valence-electron chi connectivity index (χ2n) is 6.27. The van der Waals surface area contributed by atoms with Gasteiger partial charge in [0, 0.05) is 26.2 Å². The summed E-state index contributed by atoms with van der Waals surface area (Å²) < 4.78 is 26.6. The van der Waals surface area contributed by atoms with Gasteiger partial charge in [0.05, 0.1) is 4.90 Å². The van der Waals surface area contributed by atoms with E-state index < -0.39 is 22.1 Å². The molecular formula is C16H24N4O4S. The molecule has 138 valence electrons. The van der Waals surface area contributed by atoms with Crippen molar-refractivity contribution >= 4 is 22.0 Å². The van der Waals surface area contributed by atoms with E-state index in [1.165, 1.54) is 4.31 Å². The van der Waals surface area contributed by atoms with Crippen molar-refractivity contribution in [3.63, 3.8) is 0 Å². The highest BCUT2D eigenvalue weighted by atomic mass is 32.2. The Morgan fingerprint density at radius 3 is 2.12 bits per heavy atom. The number of hydrogen-bond donors (Lipinski definition) is 2. The molecule has 1 fully saturated rings. The van der Waals surface area contributed by atoms with Gasteiger partial charge in [-0.05, 0) is 18.1 Å². The predicted octanol–water partition coefficient (Wildman–Crippen LogP) is 0.212. The summed E-state index contributed by atoms with van der Waals surface area (Å²) >= 11 is 0. The van der Waals surface area contributed by atoms with E-state index in [-0.39, 0.29) is 42.9 Å². The molecule has 0 aliphatic carbocycles. The van der Waals surface area contributed by atoms with Crippen LogP contribution < -0.4 is 11.1 Å². The highest BCUT2D eigenvalue weighted by molar-refractivity contribution is 7.89. The number of piperazine rings is 1. The van der Waals surface area contributed by atoms with E-state index in [0.717, 1.165) is 0 Å². The van der Waals surface area contributed by atoms with Crippen molar-refractivity contribution < 1.29 is 18.0 Å². The van der Waals surface area contributed by atoms with E-state index in [1.807, 2.05) is 13.8 Å². The van der Waals surface area contributed by atoms with Crippen LogP contribution in [0.15, 0.2) is 35.2 Å². The maximum absolute atomic E-state index is 12.6. The molecule has 0 saturated carbocycles. The van der Waals surface area contributed by atoms with Gasteiger partial charge in [0.15, 0.2) is 0 Å². The molecule has 0 aromatic heterocycles. The smallest absolute Gasteiger partial charge is 0.312 e. The number of benzene rings is 1. The number of hydrogen-bond acceptors (Lipinski definition) is 4. The monoisotopic (exact) mass is 368 g/mol. The Bertz CT molecular complexity index is 713. The van der Waals surface area contributed by atoms with Gasteiger partial charge in [-0.25, -0.2) is 13.2 Å². The fraction of sp³-hybridized carbons (Fsp3) is 0.500. The Kier molecular flexibility index (Phi) is 6.02. The summed E-state index contributed by atoms with van der Waals surface area (Å²) in [5.74, 6) is -0.364. The SMILES string of the molecule is CC(C)[C@@H](NC(N)=O)C(=O)N1CCN(S(=O)(=O)c2ccccc2)CC1. The Morgan fingerprint density at radius 2 is 1.64 bits per heavy atom. The summed E-state index contributed by atoms with van der Waals surface area (Å²) in [7, 11) is -3.56. The standard InChI is InChI=1S/C16H24N4O4S/c1-12(2)14(18-16(17)22)15(21)19-8-10-20(11-9-19)25(23,24)13-6-4-3-5-7-13/h3-7,12,14H,8-11H2,1-2H3,(H3,17,18,22)/t14-/m1/s1. The van der Waals surface area contributed by atoms with Gasteiger partial charge in [-0.3, -0.25) is 4.79 Å². The number of primary amides is 1. The number of nitrogens with two attached hydrogens (primary N) is 1. The molecule has 0 bridgehead atoms. The molecule has 0 radical (unpaired) electrons. The zero-order chi connectivity index (χ0) is 18.6. The second-order valence-corrected chi connectivity index (χ2v) is 8.21. The lowest BCUT2D eigenvalue weighted by atomic mass is 10.0. The quantitative estimate of drug-likeness (QED) is 0.773. The number of carbonyl (C=O) groups excluding carboxylic acids is 2. The van der Waals surface area contributed by atoms with Gasteiger partial charge >= 0.3 is 6.03 Å². The third-order valence-electron chi connectivity index (χ3n) is 4.16. The summed E-state index contributed by atoms with van der Waals surface area (Å²) in [6.45, 7) is 4.60. The van der Waals surface area contributed by atoms with Crippen molar-refractivity contribution in [2.24, 2.45) is 11.7 Å². The number of sulfonamides is 1. The maximum atomic E-state index is 12.6. The van der Waals surface area contributed by atoms with Crippen LogP contribution in [0.4, 0.5) is 4.79 Å². The fourth-order valence-electron chi connectivity index (χ4n) is 2.75. The first-order valence-electron chi connectivity index (χ1n) is 8.13. The van der Waals surface area contributed by atoms with Crippen LogP contribution in [-0.4, -0.2) is 61.8 Å². The van der Waals surface area contributed by atoms with Crippen molar-refractivity contribution in [2.45, 2.75) is 24.8 Å². The van der Waals surface area contributed by atoms with Gasteiger partial charge in [0.1, 0.15) is 6.04 Å². The summed E-state index contributed by atoms with van der Waals surface area (Å²) in [6.07, 6.45) is 0. The molecule has 3 amide bonds. The van der Waals surface area contributed by atoms with Crippen LogP contribution in [0, 0.1) is 5.92 Å². The van der Waals surface area contributed by atoms with E-state index in [1.54, 1.807) is 35.2 Å². The van der Waals surface area contributed by atoms with Crippen LogP contribution in [0.25, 0.3) is 0 Å². The maximum Gasteiger partial charge on any atom is 0.312 e. The molecule has 1 aliphatic heterocycles. The number of urea groups is 1. The van der Waals surface area contributed by atoms with Crippen LogP contribution in [0.3, 0.4) is 0 Å². The first-order chi connectivity index (χ1) is 11.7. The molecule has 8 nitrogen and oxygen atoms in total. The molecule has 3 N–H and O–H groups in total. The highest BCUT2D eigenvalue weighted by Crippen LogP contribution is 2.18. The number of nitrogens with zero attached hydrogens (tertiary/aromatic N) is 2. The van der Waals surface area contributed by atoms with E-state index in [2.05, 4.69) is 5.32 Å². The van der Waals surface area contributed by atoms with Crippen molar-refractivity contribution in [1.29, 1.82) is 0 Å². The summed E-state index contributed by atoms with van der Waals surface area (Å²) in [5.41, 5.74) is 5.13. The van der Waals surface area contributed by atoms with Crippen molar-refractivity contribution in [1.82, 2.24) is 14.5 Å². The molecule has 0 unspecified atom stereocenters. The molecule has 2 rings (SSSR count). The average molecular weight is 368 g/mol. The Balaban J connectivity index is 2.03. The van der Waals surface area contributed by atoms with E-state index in [9.17, 15) is 18.0 Å². The lowest BCUT2D eigenvalue weighted by Crippen LogP contribution is -2.57. The van der Waals surface area contributed by atoms with Gasteiger partial charge in [-0.2, -0.15) is 4.31 Å². The van der Waals surface area contributed by atoms with Gasteiger partial charge in [0.25, 0.3) is 0 Å². The molecular weight excluding hydrogens is 344 g/mol. The molecule has 1 atom stereocenters. The number of carbonyl (C=O) groups is 2. The summed E-state index contributed by atoms with van der Waals surface area (Å²) in [5, 5.41) is 2.46. The Labute approximate surface area is 148 Å². The van der Waals surface area contributed by atoms with E-state index in [0.29, 0.717) is 0 Å². The van der Waals surface area contributed by atoms with Gasteiger partial charge < -0.3 is 16.0 Å². The normalized spacial score (nSPS) is 17.3. The lowest BCUT2D eigenvalue weighted by molar-refractivity contribution is -0.135. The summed E-state index contributed by atoms with van der Waals surface area (Å²) in [6, 6.07) is 6.75. The van der Waals surface area contributed by atoms with Gasteiger partial charge in [0.2, 0.25) is 15.9 Å². The van der Waals surface area contributed by atoms with E-state index >= 15 is 0 Å². The minimum absolute atomic E-state index is 0.119. The van der Waals surface area contributed by atoms with Crippen molar-refractivity contribution in [2.75, 3.05) is 26.2 Å². The van der Waals surface area contributed by atoms with Gasteiger partial charge in [-0.15, -0.1) is 0 Å². The lowest BCUT2D eigenvalue weighted by Gasteiger charge is -2.36. The number of rotatable bonds is 5. The van der Waals surface area contributed by atoms with Crippen LogP contribution in [0.2, 0.25) is 0 Å². The molecule has 0 spiro atoms. The van der Waals surface area contributed by atoms with E-state index in [4.69, 9.17) is 5.73 Å². The second kappa shape index (κ2) is 7.83. The van der Waals surface area contributed by atoms with Crippen LogP contribution >= 0.6 is 0 Å². The third-order valence-corrected chi connectivity index (χ3v) is 6.07. The topological polar surface area (TPSA) is 113 Å². The minimum atomic E-state index is -3.56. The Morgan fingerprint density at radius 1 is 1.08 bits per heavy atom. The molecule has 1 heterocycles. The minimum Gasteiger partial charge on any atom is -0.352 e. The van der Waals surface area contributed by atoms with Gasteiger partial charge in [-0.1, -0.05) is 32.0 Å². The van der Waals surface area contributed by atoms with Crippen molar-refractivity contribution in [3.8, 4) is 0 Å². The third kappa shape index (κ3) is 4.49. The van der Waals surface area contributed by atoms with Crippen LogP contribution in [0.5, 0.6) is 0 Å². The first-order valence-corrected chi connectivity index (χ1v) is 9.57. The first kappa shape index (κ1) is 19.2. The molecule has 1 saturated heterocycles. The average Bonchev–Trinajstić information content (AvgIpc) is 2.59. The Hall–Kier alpha value is -2.13. The highest BCUT2D eigenvalue weighted by Gasteiger charge is 2.33. The van der Waals surface area contributed by atoms with Crippen molar-refractivity contribution in [3.05, 3.63) is 30.3 Å². The molecule has 1 aromatic carbocycles. The molecule has 25 heavy (non-hydrogen) atoms. The predicted molar refractivity (Wildman–Crippen MR) is 93.1 cm³/mol. The zero-order valence-electron chi connectivity index (χ0n) is 14.4. The fourth-order valence-corrected chi connectivity index (χ4v) is 4.20. The number of amides is 3. The molecule has 1 aliphatic rings. The zero-order valence-corrected chi connectivity index (χ0v) is 15.2. The number of nitrogens with one attached hydrogen (secondary N) is 1. The van der Waals surface area contributed by atoms with Crippen LogP contribution in [0.1, 0.15) is 13.8 Å². The molecule has 1 aromatic rings. The summed E-state index contributed by atoms with van der Waals surface area (Å²) in [4.78, 5) is 25.5.